The van der Waals surface area contributed by atoms with Crippen molar-refractivity contribution in [1.29, 1.82) is 0 Å². The Bertz CT molecular complexity index is 763. The van der Waals surface area contributed by atoms with E-state index >= 15 is 0 Å². The van der Waals surface area contributed by atoms with Gasteiger partial charge in [0.15, 0.2) is 0 Å². The Labute approximate surface area is 129 Å². The van der Waals surface area contributed by atoms with Gasteiger partial charge in [-0.05, 0) is 23.8 Å². The lowest BCUT2D eigenvalue weighted by Crippen LogP contribution is -1.98. The van der Waals surface area contributed by atoms with E-state index in [-0.39, 0.29) is 11.4 Å². The van der Waals surface area contributed by atoms with E-state index in [1.54, 1.807) is 24.3 Å². The maximum atomic E-state index is 10.9. The van der Waals surface area contributed by atoms with Gasteiger partial charge in [-0.3, -0.25) is 25.7 Å². The van der Waals surface area contributed by atoms with Crippen LogP contribution in [0.2, 0.25) is 5.02 Å². The fraction of sp³-hybridized carbons (Fsp3) is 0. The first-order valence-electron chi connectivity index (χ1n) is 5.95. The molecule has 2 aromatic carbocycles. The molecule has 0 spiro atoms. The summed E-state index contributed by atoms with van der Waals surface area (Å²) >= 11 is 5.82. The zero-order chi connectivity index (χ0) is 16.1. The summed E-state index contributed by atoms with van der Waals surface area (Å²) < 4.78 is 0. The van der Waals surface area contributed by atoms with Crippen LogP contribution in [-0.2, 0) is 0 Å². The lowest BCUT2D eigenvalue weighted by molar-refractivity contribution is -0.393. The molecule has 0 heterocycles. The average Bonchev–Trinajstić information content (AvgIpc) is 2.47. The maximum absolute atomic E-state index is 10.9. The highest BCUT2D eigenvalue weighted by Gasteiger charge is 2.18. The topological polar surface area (TPSA) is 111 Å². The molecular weight excluding hydrogens is 312 g/mol. The van der Waals surface area contributed by atoms with E-state index in [9.17, 15) is 20.2 Å². The first kappa shape index (κ1) is 15.4. The van der Waals surface area contributed by atoms with Crippen LogP contribution in [0.5, 0.6) is 0 Å². The van der Waals surface area contributed by atoms with Crippen molar-refractivity contribution < 1.29 is 9.85 Å². The monoisotopic (exact) mass is 320 g/mol. The molecule has 0 aliphatic rings. The normalized spacial score (nSPS) is 10.6. The quantitative estimate of drug-likeness (QED) is 0.514. The summed E-state index contributed by atoms with van der Waals surface area (Å²) in [6, 6.07) is 10.1. The number of hydrogen-bond acceptors (Lipinski definition) is 6. The van der Waals surface area contributed by atoms with Crippen molar-refractivity contribution in [2.45, 2.75) is 0 Å². The van der Waals surface area contributed by atoms with Gasteiger partial charge in [0, 0.05) is 11.1 Å². The zero-order valence-corrected chi connectivity index (χ0v) is 11.7. The molecule has 0 unspecified atom stereocenters. The van der Waals surface area contributed by atoms with E-state index in [1.165, 1.54) is 12.3 Å². The van der Waals surface area contributed by atoms with Crippen molar-refractivity contribution in [3.63, 3.8) is 0 Å². The van der Waals surface area contributed by atoms with Gasteiger partial charge in [-0.2, -0.15) is 5.10 Å². The Morgan fingerprint density at radius 3 is 2.50 bits per heavy atom. The molecule has 0 saturated carbocycles. The van der Waals surface area contributed by atoms with Crippen molar-refractivity contribution in [2.24, 2.45) is 5.10 Å². The predicted molar refractivity (Wildman–Crippen MR) is 82.4 cm³/mol. The van der Waals surface area contributed by atoms with Crippen LogP contribution in [-0.4, -0.2) is 16.1 Å². The van der Waals surface area contributed by atoms with Crippen LogP contribution < -0.4 is 5.43 Å². The SMILES string of the molecule is O=[N+]([O-])c1ccc(NN=Cc2cccc(Cl)c2)c([N+](=O)[O-])c1. The number of nitrogens with one attached hydrogen (secondary N) is 1. The van der Waals surface area contributed by atoms with Crippen LogP contribution in [0.3, 0.4) is 0 Å². The molecule has 0 atom stereocenters. The van der Waals surface area contributed by atoms with Crippen molar-refractivity contribution >= 4 is 34.9 Å². The standard InChI is InChI=1S/C13H9ClN4O4/c14-10-3-1-2-9(6-10)8-15-16-12-5-4-11(17(19)20)7-13(12)18(21)22/h1-8,16H. The number of hydrogen-bond donors (Lipinski definition) is 1. The molecule has 0 fully saturated rings. The van der Waals surface area contributed by atoms with Gasteiger partial charge in [0.05, 0.1) is 22.1 Å². The van der Waals surface area contributed by atoms with Gasteiger partial charge in [-0.1, -0.05) is 23.7 Å². The van der Waals surface area contributed by atoms with E-state index in [0.717, 1.165) is 12.1 Å². The van der Waals surface area contributed by atoms with Gasteiger partial charge in [-0.25, -0.2) is 0 Å². The number of nitro benzene ring substituents is 2. The highest BCUT2D eigenvalue weighted by atomic mass is 35.5. The van der Waals surface area contributed by atoms with E-state index < -0.39 is 15.5 Å². The molecule has 2 rings (SSSR count). The van der Waals surface area contributed by atoms with Gasteiger partial charge >= 0.3 is 5.69 Å². The van der Waals surface area contributed by atoms with Crippen molar-refractivity contribution in [1.82, 2.24) is 0 Å². The van der Waals surface area contributed by atoms with Crippen LogP contribution in [0, 0.1) is 20.2 Å². The number of anilines is 1. The Morgan fingerprint density at radius 1 is 1.09 bits per heavy atom. The molecule has 8 nitrogen and oxygen atoms in total. The number of nitrogens with zero attached hydrogens (tertiary/aromatic N) is 3. The van der Waals surface area contributed by atoms with Gasteiger partial charge < -0.3 is 0 Å². The molecule has 0 amide bonds. The van der Waals surface area contributed by atoms with Crippen molar-refractivity contribution in [3.05, 3.63) is 73.3 Å². The largest absolute Gasteiger partial charge is 0.301 e. The first-order chi connectivity index (χ1) is 10.5. The highest BCUT2D eigenvalue weighted by molar-refractivity contribution is 6.30. The second kappa shape index (κ2) is 6.64. The zero-order valence-electron chi connectivity index (χ0n) is 11.0. The minimum atomic E-state index is -0.718. The van der Waals surface area contributed by atoms with Crippen molar-refractivity contribution in [2.75, 3.05) is 5.43 Å². The maximum Gasteiger partial charge on any atom is 0.301 e. The summed E-state index contributed by atoms with van der Waals surface area (Å²) in [4.78, 5) is 20.2. The summed E-state index contributed by atoms with van der Waals surface area (Å²) in [5.74, 6) is 0. The molecule has 0 bridgehead atoms. The summed E-state index contributed by atoms with van der Waals surface area (Å²) in [5.41, 5.74) is 2.44. The third-order valence-electron chi connectivity index (χ3n) is 2.64. The van der Waals surface area contributed by atoms with Gasteiger partial charge in [0.1, 0.15) is 5.69 Å². The highest BCUT2D eigenvalue weighted by Crippen LogP contribution is 2.28. The fourth-order valence-electron chi connectivity index (χ4n) is 1.64. The minimum absolute atomic E-state index is 0.0499. The van der Waals surface area contributed by atoms with Gasteiger partial charge in [0.25, 0.3) is 5.69 Å². The fourth-order valence-corrected chi connectivity index (χ4v) is 1.84. The second-order valence-corrected chi connectivity index (χ2v) is 4.58. The van der Waals surface area contributed by atoms with E-state index in [2.05, 4.69) is 10.5 Å². The molecule has 0 saturated heterocycles. The van der Waals surface area contributed by atoms with Crippen molar-refractivity contribution in [3.8, 4) is 0 Å². The van der Waals surface area contributed by atoms with E-state index in [1.807, 2.05) is 0 Å². The molecule has 22 heavy (non-hydrogen) atoms. The first-order valence-corrected chi connectivity index (χ1v) is 6.32. The Hall–Kier alpha value is -3.00. The van der Waals surface area contributed by atoms with Crippen LogP contribution in [0.1, 0.15) is 5.56 Å². The second-order valence-electron chi connectivity index (χ2n) is 4.14. The summed E-state index contributed by atoms with van der Waals surface area (Å²) in [7, 11) is 0. The van der Waals surface area contributed by atoms with Crippen LogP contribution in [0.4, 0.5) is 17.1 Å². The molecule has 0 radical (unpaired) electrons. The minimum Gasteiger partial charge on any atom is -0.272 e. The summed E-state index contributed by atoms with van der Waals surface area (Å²) in [6.07, 6.45) is 1.43. The predicted octanol–water partition coefficient (Wildman–Crippen LogP) is 3.60. The number of nitro groups is 2. The smallest absolute Gasteiger partial charge is 0.272 e. The molecule has 2 aromatic rings. The third kappa shape index (κ3) is 3.76. The van der Waals surface area contributed by atoms with E-state index in [0.29, 0.717) is 10.6 Å². The lowest BCUT2D eigenvalue weighted by Gasteiger charge is -2.02. The number of benzene rings is 2. The Balaban J connectivity index is 2.22. The molecule has 0 aliphatic carbocycles. The van der Waals surface area contributed by atoms with E-state index in [4.69, 9.17) is 11.6 Å². The van der Waals surface area contributed by atoms with Gasteiger partial charge in [-0.15, -0.1) is 0 Å². The van der Waals surface area contributed by atoms with Crippen LogP contribution >= 0.6 is 11.6 Å². The van der Waals surface area contributed by atoms with Crippen LogP contribution in [0.25, 0.3) is 0 Å². The molecule has 1 N–H and O–H groups in total. The molecule has 0 aromatic heterocycles. The number of non-ortho nitro benzene ring substituents is 1. The lowest BCUT2D eigenvalue weighted by atomic mass is 10.2. The average molecular weight is 321 g/mol. The number of halogens is 1. The van der Waals surface area contributed by atoms with Gasteiger partial charge in [0.2, 0.25) is 0 Å². The molecule has 9 heteroatoms. The molecular formula is C13H9ClN4O4. The third-order valence-corrected chi connectivity index (χ3v) is 2.87. The summed E-state index contributed by atoms with van der Waals surface area (Å²) in [5, 5.41) is 26.0. The number of rotatable bonds is 5. The summed E-state index contributed by atoms with van der Waals surface area (Å²) in [6.45, 7) is 0. The van der Waals surface area contributed by atoms with Crippen LogP contribution in [0.15, 0.2) is 47.6 Å². The number of hydrazone groups is 1. The Kier molecular flexibility index (Phi) is 4.64. The molecule has 112 valence electrons. The Morgan fingerprint density at radius 2 is 1.86 bits per heavy atom. The molecule has 0 aliphatic heterocycles.